The maximum atomic E-state index is 13.3. The predicted molar refractivity (Wildman–Crippen MR) is 110 cm³/mol. The smallest absolute Gasteiger partial charge is 0.341 e. The van der Waals surface area contributed by atoms with Crippen molar-refractivity contribution >= 4 is 28.4 Å². The van der Waals surface area contributed by atoms with Gasteiger partial charge in [-0.2, -0.15) is 0 Å². The van der Waals surface area contributed by atoms with E-state index in [-0.39, 0.29) is 5.69 Å². The molecule has 29 heavy (non-hydrogen) atoms. The topological polar surface area (TPSA) is 96.4 Å². The first-order valence-corrected chi connectivity index (χ1v) is 9.05. The molecule has 0 spiro atoms. The molecule has 2 aromatic carbocycles. The highest BCUT2D eigenvalue weighted by Crippen LogP contribution is 2.47. The maximum absolute atomic E-state index is 13.3. The monoisotopic (exact) mass is 384 g/mol. The molecule has 0 bridgehead atoms. The van der Waals surface area contributed by atoms with Crippen LogP contribution in [0.2, 0.25) is 0 Å². The van der Waals surface area contributed by atoms with E-state index in [1.54, 1.807) is 36.7 Å². The first-order valence-electron chi connectivity index (χ1n) is 9.05. The molecule has 5 rings (SSSR count). The number of H-pyrrole nitrogens is 1. The first-order chi connectivity index (χ1) is 14.2. The maximum Gasteiger partial charge on any atom is 0.341 e. The molecule has 1 atom stereocenters. The number of esters is 1. The van der Waals surface area contributed by atoms with Crippen molar-refractivity contribution in [2.75, 3.05) is 12.4 Å². The number of nitroso groups, excluding NO2 is 1. The predicted octanol–water partition coefficient (Wildman–Crippen LogP) is 4.47. The normalized spacial score (nSPS) is 17.1. The number of nitrogens with one attached hydrogen (secondary N) is 2. The molecule has 0 saturated carbocycles. The summed E-state index contributed by atoms with van der Waals surface area (Å²) in [6.07, 6.45) is 3.52. The van der Waals surface area contributed by atoms with Gasteiger partial charge >= 0.3 is 5.97 Å². The number of methoxy groups -OCH3 is 1. The van der Waals surface area contributed by atoms with Crippen LogP contribution in [0.3, 0.4) is 0 Å². The zero-order chi connectivity index (χ0) is 20.0. The summed E-state index contributed by atoms with van der Waals surface area (Å²) >= 11 is 0. The van der Waals surface area contributed by atoms with Crippen molar-refractivity contribution in [2.45, 2.75) is 5.54 Å². The van der Waals surface area contributed by atoms with Crippen molar-refractivity contribution in [3.63, 3.8) is 0 Å². The largest absolute Gasteiger partial charge is 0.467 e. The van der Waals surface area contributed by atoms with Gasteiger partial charge in [0.25, 0.3) is 0 Å². The zero-order valence-electron chi connectivity index (χ0n) is 15.5. The summed E-state index contributed by atoms with van der Waals surface area (Å²) in [7, 11) is 1.36. The number of carbonyl (C=O) groups excluding carboxylic acids is 1. The quantitative estimate of drug-likeness (QED) is 0.401. The fraction of sp³-hybridized carbons (Fsp3) is 0.0909. The van der Waals surface area contributed by atoms with Gasteiger partial charge < -0.3 is 15.0 Å². The van der Waals surface area contributed by atoms with Crippen molar-refractivity contribution in [2.24, 2.45) is 5.18 Å². The summed E-state index contributed by atoms with van der Waals surface area (Å²) in [5.74, 6) is -0.475. The Morgan fingerprint density at radius 3 is 2.62 bits per heavy atom. The SMILES string of the molecule is COC(=O)C1(c2ccc(N=O)cc2)Nc2ccccc2-c2ccnc3[nH]cc1c23. The van der Waals surface area contributed by atoms with E-state index < -0.39 is 11.5 Å². The Labute approximate surface area is 165 Å². The number of benzene rings is 2. The van der Waals surface area contributed by atoms with E-state index in [2.05, 4.69) is 20.5 Å². The van der Waals surface area contributed by atoms with Gasteiger partial charge in [0.15, 0.2) is 5.54 Å². The second-order valence-corrected chi connectivity index (χ2v) is 6.83. The van der Waals surface area contributed by atoms with Gasteiger partial charge in [-0.15, -0.1) is 4.91 Å². The molecule has 0 radical (unpaired) electrons. The number of para-hydroxylation sites is 1. The van der Waals surface area contributed by atoms with E-state index in [1.807, 2.05) is 30.3 Å². The Morgan fingerprint density at radius 1 is 1.07 bits per heavy atom. The van der Waals surface area contributed by atoms with Gasteiger partial charge in [-0.05, 0) is 40.6 Å². The van der Waals surface area contributed by atoms with Crippen LogP contribution in [-0.2, 0) is 15.1 Å². The average molecular weight is 384 g/mol. The van der Waals surface area contributed by atoms with E-state index in [0.717, 1.165) is 22.2 Å². The summed E-state index contributed by atoms with van der Waals surface area (Å²) in [4.78, 5) is 31.9. The van der Waals surface area contributed by atoms with Crippen LogP contribution in [0.1, 0.15) is 11.1 Å². The average Bonchev–Trinajstić information content (AvgIpc) is 3.16. The molecule has 1 unspecified atom stereocenters. The standard InChI is InChI=1S/C22H16N4O3/c1-29-21(27)22(13-6-8-14(26-28)9-7-13)17-12-24-20-19(17)16(10-11-23-20)15-4-2-3-5-18(15)25-22/h2-12,25H,1H3,(H,23,24). The molecule has 142 valence electrons. The Kier molecular flexibility index (Phi) is 3.70. The van der Waals surface area contributed by atoms with Crippen LogP contribution >= 0.6 is 0 Å². The number of fused-ring (bicyclic) bond motifs is 2. The van der Waals surface area contributed by atoms with Gasteiger partial charge in [-0.25, -0.2) is 9.78 Å². The third kappa shape index (κ3) is 2.30. The number of aromatic amines is 1. The van der Waals surface area contributed by atoms with Crippen molar-refractivity contribution in [1.29, 1.82) is 0 Å². The highest BCUT2D eigenvalue weighted by atomic mass is 16.5. The molecule has 3 heterocycles. The Bertz CT molecular complexity index is 1260. The van der Waals surface area contributed by atoms with Gasteiger partial charge in [0.1, 0.15) is 11.3 Å². The number of ether oxygens (including phenoxy) is 1. The molecule has 2 aromatic heterocycles. The van der Waals surface area contributed by atoms with E-state index in [9.17, 15) is 9.70 Å². The van der Waals surface area contributed by atoms with Crippen molar-refractivity contribution in [3.05, 3.63) is 83.0 Å². The van der Waals surface area contributed by atoms with Crippen LogP contribution in [0.15, 0.2) is 72.2 Å². The number of hydrogen-bond acceptors (Lipinski definition) is 6. The van der Waals surface area contributed by atoms with Crippen molar-refractivity contribution < 1.29 is 9.53 Å². The van der Waals surface area contributed by atoms with Gasteiger partial charge in [0.2, 0.25) is 0 Å². The summed E-state index contributed by atoms with van der Waals surface area (Å²) < 4.78 is 5.27. The minimum absolute atomic E-state index is 0.282. The fourth-order valence-corrected chi connectivity index (χ4v) is 4.10. The molecule has 0 fully saturated rings. The molecule has 2 N–H and O–H groups in total. The lowest BCUT2D eigenvalue weighted by Crippen LogP contribution is -2.45. The molecule has 0 amide bonds. The number of rotatable bonds is 3. The molecule has 4 aromatic rings. The zero-order valence-corrected chi connectivity index (χ0v) is 15.5. The Balaban J connectivity index is 1.92. The molecule has 0 aliphatic carbocycles. The second kappa shape index (κ2) is 6.27. The van der Waals surface area contributed by atoms with E-state index in [4.69, 9.17) is 4.74 Å². The number of aromatic nitrogens is 2. The van der Waals surface area contributed by atoms with E-state index >= 15 is 0 Å². The van der Waals surface area contributed by atoms with Crippen LogP contribution in [0.4, 0.5) is 11.4 Å². The molecule has 1 aliphatic rings. The van der Waals surface area contributed by atoms with Gasteiger partial charge in [-0.3, -0.25) is 0 Å². The number of pyridine rings is 1. The highest BCUT2D eigenvalue weighted by Gasteiger charge is 2.47. The third-order valence-electron chi connectivity index (χ3n) is 5.41. The number of nitrogens with zero attached hydrogens (tertiary/aromatic N) is 2. The van der Waals surface area contributed by atoms with Gasteiger partial charge in [0.05, 0.1) is 7.11 Å². The van der Waals surface area contributed by atoms with Crippen LogP contribution in [-0.4, -0.2) is 23.0 Å². The summed E-state index contributed by atoms with van der Waals surface area (Å²) in [5.41, 5.74) is 3.66. The van der Waals surface area contributed by atoms with Gasteiger partial charge in [-0.1, -0.05) is 30.3 Å². The Morgan fingerprint density at radius 2 is 1.86 bits per heavy atom. The van der Waals surface area contributed by atoms with Crippen LogP contribution in [0.5, 0.6) is 0 Å². The summed E-state index contributed by atoms with van der Waals surface area (Å²) in [5, 5.41) is 7.24. The molecule has 7 heteroatoms. The number of hydrogen-bond donors (Lipinski definition) is 2. The second-order valence-electron chi connectivity index (χ2n) is 6.83. The molecular weight excluding hydrogens is 368 g/mol. The molecular formula is C22H16N4O3. The van der Waals surface area contributed by atoms with E-state index in [0.29, 0.717) is 16.8 Å². The number of anilines is 1. The lowest BCUT2D eigenvalue weighted by atomic mass is 9.82. The lowest BCUT2D eigenvalue weighted by Gasteiger charge is -2.32. The van der Waals surface area contributed by atoms with Crippen molar-refractivity contribution in [1.82, 2.24) is 9.97 Å². The molecule has 7 nitrogen and oxygen atoms in total. The molecule has 0 saturated heterocycles. The van der Waals surface area contributed by atoms with Crippen LogP contribution in [0.25, 0.3) is 22.2 Å². The molecule has 1 aliphatic heterocycles. The van der Waals surface area contributed by atoms with Crippen molar-refractivity contribution in [3.8, 4) is 11.1 Å². The van der Waals surface area contributed by atoms with Crippen LogP contribution < -0.4 is 5.32 Å². The Hall–Kier alpha value is -4.00. The summed E-state index contributed by atoms with van der Waals surface area (Å²) in [6, 6.07) is 16.3. The summed E-state index contributed by atoms with van der Waals surface area (Å²) in [6.45, 7) is 0. The fourth-order valence-electron chi connectivity index (χ4n) is 4.10. The van der Waals surface area contributed by atoms with E-state index in [1.165, 1.54) is 7.11 Å². The van der Waals surface area contributed by atoms with Crippen LogP contribution in [0, 0.1) is 4.91 Å². The number of carbonyl (C=O) groups is 1. The van der Waals surface area contributed by atoms with Gasteiger partial charge in [0, 0.05) is 34.6 Å². The highest BCUT2D eigenvalue weighted by molar-refractivity contribution is 6.07. The minimum Gasteiger partial charge on any atom is -0.467 e. The first kappa shape index (κ1) is 17.1. The lowest BCUT2D eigenvalue weighted by molar-refractivity contribution is -0.144. The minimum atomic E-state index is -1.33. The third-order valence-corrected chi connectivity index (χ3v) is 5.41.